The number of hydrogen-bond acceptors (Lipinski definition) is 9. The maximum Gasteiger partial charge on any atom is 0.411 e. The molecule has 2 aromatic heterocycles. The maximum absolute atomic E-state index is 12.0. The number of aromatic nitrogens is 4. The predicted molar refractivity (Wildman–Crippen MR) is 138 cm³/mol. The summed E-state index contributed by atoms with van der Waals surface area (Å²) in [6, 6.07) is 10.9. The summed E-state index contributed by atoms with van der Waals surface area (Å²) in [6.45, 7) is 9.10. The van der Waals surface area contributed by atoms with Gasteiger partial charge in [0.15, 0.2) is 0 Å². The minimum absolute atomic E-state index is 0.0721. The van der Waals surface area contributed by atoms with Gasteiger partial charge in [-0.2, -0.15) is 9.67 Å². The number of carbonyl (C=O) groups excluding carboxylic acids is 2. The van der Waals surface area contributed by atoms with Crippen LogP contribution in [0.15, 0.2) is 42.6 Å². The van der Waals surface area contributed by atoms with Crippen molar-refractivity contribution in [1.29, 1.82) is 0 Å². The highest BCUT2D eigenvalue weighted by Gasteiger charge is 2.31. The van der Waals surface area contributed by atoms with Gasteiger partial charge in [-0.15, -0.1) is 5.10 Å². The van der Waals surface area contributed by atoms with Crippen molar-refractivity contribution in [1.82, 2.24) is 24.6 Å². The van der Waals surface area contributed by atoms with E-state index >= 15 is 0 Å². The number of piperazine rings is 1. The SMILES string of the molecule is CCOC(=O)Nc1ccc(Nc2nc(N)n(-c3ccnc(N4C[C@@H](C)N(C(C)=O)[C@@H](C)C4)c3)n2)cc1. The second-order valence-corrected chi connectivity index (χ2v) is 8.65. The first kappa shape index (κ1) is 24.8. The second kappa shape index (κ2) is 10.5. The number of ether oxygens (including phenoxy) is 1. The van der Waals surface area contributed by atoms with Crippen molar-refractivity contribution in [2.75, 3.05) is 41.0 Å². The van der Waals surface area contributed by atoms with Gasteiger partial charge in [0.2, 0.25) is 17.8 Å². The number of nitrogen functional groups attached to an aromatic ring is 1. The monoisotopic (exact) mass is 493 g/mol. The number of rotatable bonds is 6. The number of benzene rings is 1. The summed E-state index contributed by atoms with van der Waals surface area (Å²) in [7, 11) is 0. The Balaban J connectivity index is 1.47. The Labute approximate surface area is 209 Å². The van der Waals surface area contributed by atoms with Crippen molar-refractivity contribution >= 4 is 41.1 Å². The van der Waals surface area contributed by atoms with E-state index in [-0.39, 0.29) is 23.9 Å². The van der Waals surface area contributed by atoms with Crippen LogP contribution in [0.4, 0.5) is 33.9 Å². The topological polar surface area (TPSA) is 144 Å². The zero-order valence-corrected chi connectivity index (χ0v) is 20.8. The van der Waals surface area contributed by atoms with Crippen LogP contribution in [0.25, 0.3) is 5.69 Å². The van der Waals surface area contributed by atoms with Gasteiger partial charge in [-0.05, 0) is 51.1 Å². The summed E-state index contributed by atoms with van der Waals surface area (Å²) < 4.78 is 6.42. The molecule has 12 nitrogen and oxygen atoms in total. The highest BCUT2D eigenvalue weighted by atomic mass is 16.5. The molecular formula is C24H31N9O3. The van der Waals surface area contributed by atoms with Crippen LogP contribution < -0.4 is 21.3 Å². The number of nitrogens with two attached hydrogens (primary N) is 1. The van der Waals surface area contributed by atoms with Crippen LogP contribution in [0, 0.1) is 0 Å². The predicted octanol–water partition coefficient (Wildman–Crippen LogP) is 3.00. The van der Waals surface area contributed by atoms with Crippen LogP contribution in [-0.4, -0.2) is 68.4 Å². The third-order valence-corrected chi connectivity index (χ3v) is 5.88. The Morgan fingerprint density at radius 1 is 1.11 bits per heavy atom. The third kappa shape index (κ3) is 5.48. The standard InChI is InChI=1S/C24H31N9O3/c1-5-36-24(35)28-19-8-6-18(7-9-19)27-23-29-22(25)33(30-23)20-10-11-26-21(12-20)31-13-15(2)32(17(4)34)16(3)14-31/h6-12,15-16H,5,13-14H2,1-4H3,(H,28,35)(H3,25,27,29,30)/t15-,16+. The fourth-order valence-corrected chi connectivity index (χ4v) is 4.46. The molecule has 4 N–H and O–H groups in total. The van der Waals surface area contributed by atoms with Gasteiger partial charge in [-0.1, -0.05) is 0 Å². The number of pyridine rings is 1. The number of hydrogen-bond donors (Lipinski definition) is 3. The molecule has 4 rings (SSSR count). The van der Waals surface area contributed by atoms with Gasteiger partial charge in [-0.25, -0.2) is 9.78 Å². The molecule has 1 saturated heterocycles. The molecule has 0 aliphatic carbocycles. The van der Waals surface area contributed by atoms with E-state index in [0.717, 1.165) is 17.2 Å². The Bertz CT molecular complexity index is 1220. The van der Waals surface area contributed by atoms with Crippen molar-refractivity contribution in [2.45, 2.75) is 39.8 Å². The first-order chi connectivity index (χ1) is 17.2. The molecular weight excluding hydrogens is 462 g/mol. The van der Waals surface area contributed by atoms with Crippen molar-refractivity contribution in [3.05, 3.63) is 42.6 Å². The summed E-state index contributed by atoms with van der Waals surface area (Å²) in [5.74, 6) is 1.41. The molecule has 3 aromatic rings. The number of nitrogens with one attached hydrogen (secondary N) is 2. The van der Waals surface area contributed by atoms with Crippen molar-refractivity contribution in [3.8, 4) is 5.69 Å². The van der Waals surface area contributed by atoms with Gasteiger partial charge in [-0.3, -0.25) is 10.1 Å². The quantitative estimate of drug-likeness (QED) is 0.472. The molecule has 2 amide bonds. The minimum Gasteiger partial charge on any atom is -0.450 e. The van der Waals surface area contributed by atoms with Crippen LogP contribution in [0.1, 0.15) is 27.7 Å². The molecule has 12 heteroatoms. The van der Waals surface area contributed by atoms with Crippen LogP contribution in [0.2, 0.25) is 0 Å². The molecule has 3 heterocycles. The zero-order valence-electron chi connectivity index (χ0n) is 20.8. The molecule has 0 spiro atoms. The van der Waals surface area contributed by atoms with E-state index < -0.39 is 6.09 Å². The molecule has 0 saturated carbocycles. The molecule has 1 aliphatic rings. The van der Waals surface area contributed by atoms with E-state index in [9.17, 15) is 9.59 Å². The van der Waals surface area contributed by atoms with Gasteiger partial charge in [0, 0.05) is 55.7 Å². The van der Waals surface area contributed by atoms with Gasteiger partial charge in [0.05, 0.1) is 12.3 Å². The lowest BCUT2D eigenvalue weighted by Gasteiger charge is -2.44. The first-order valence-corrected chi connectivity index (χ1v) is 11.8. The van der Waals surface area contributed by atoms with E-state index in [2.05, 4.69) is 30.6 Å². The summed E-state index contributed by atoms with van der Waals surface area (Å²) in [4.78, 5) is 36.5. The average molecular weight is 494 g/mol. The lowest BCUT2D eigenvalue weighted by atomic mass is 10.1. The fourth-order valence-electron chi connectivity index (χ4n) is 4.46. The van der Waals surface area contributed by atoms with E-state index in [1.54, 1.807) is 49.0 Å². The summed E-state index contributed by atoms with van der Waals surface area (Å²) in [6.07, 6.45) is 1.20. The number of anilines is 5. The van der Waals surface area contributed by atoms with Gasteiger partial charge in [0.25, 0.3) is 0 Å². The highest BCUT2D eigenvalue weighted by Crippen LogP contribution is 2.24. The number of nitrogens with zero attached hydrogens (tertiary/aromatic N) is 6. The average Bonchev–Trinajstić information content (AvgIpc) is 3.19. The molecule has 1 aliphatic heterocycles. The summed E-state index contributed by atoms with van der Waals surface area (Å²) in [5, 5.41) is 10.3. The molecule has 2 atom stereocenters. The largest absolute Gasteiger partial charge is 0.450 e. The molecule has 1 aromatic carbocycles. The maximum atomic E-state index is 12.0. The number of amides is 2. The summed E-state index contributed by atoms with van der Waals surface area (Å²) >= 11 is 0. The smallest absolute Gasteiger partial charge is 0.411 e. The fraction of sp³-hybridized carbons (Fsp3) is 0.375. The highest BCUT2D eigenvalue weighted by molar-refractivity contribution is 5.84. The van der Waals surface area contributed by atoms with Gasteiger partial charge >= 0.3 is 6.09 Å². The third-order valence-electron chi connectivity index (χ3n) is 5.88. The second-order valence-electron chi connectivity index (χ2n) is 8.65. The first-order valence-electron chi connectivity index (χ1n) is 11.8. The van der Waals surface area contributed by atoms with Crippen molar-refractivity contribution < 1.29 is 14.3 Å². The van der Waals surface area contributed by atoms with E-state index in [1.807, 2.05) is 30.9 Å². The number of carbonyl (C=O) groups is 2. The van der Waals surface area contributed by atoms with E-state index in [4.69, 9.17) is 10.5 Å². The van der Waals surface area contributed by atoms with Crippen molar-refractivity contribution in [2.24, 2.45) is 0 Å². The molecule has 0 bridgehead atoms. The van der Waals surface area contributed by atoms with Crippen LogP contribution in [0.3, 0.4) is 0 Å². The Kier molecular flexibility index (Phi) is 7.23. The van der Waals surface area contributed by atoms with Crippen molar-refractivity contribution in [3.63, 3.8) is 0 Å². The van der Waals surface area contributed by atoms with Crippen LogP contribution >= 0.6 is 0 Å². The molecule has 1 fully saturated rings. The Morgan fingerprint density at radius 3 is 2.42 bits per heavy atom. The minimum atomic E-state index is -0.507. The molecule has 0 unspecified atom stereocenters. The molecule has 36 heavy (non-hydrogen) atoms. The van der Waals surface area contributed by atoms with E-state index in [1.165, 1.54) is 0 Å². The van der Waals surface area contributed by atoms with Crippen LogP contribution in [-0.2, 0) is 9.53 Å². The van der Waals surface area contributed by atoms with E-state index in [0.29, 0.717) is 31.3 Å². The lowest BCUT2D eigenvalue weighted by molar-refractivity contribution is -0.133. The zero-order chi connectivity index (χ0) is 25.8. The Hall–Kier alpha value is -4.35. The normalized spacial score (nSPS) is 17.6. The summed E-state index contributed by atoms with van der Waals surface area (Å²) in [5.41, 5.74) is 8.22. The molecule has 190 valence electrons. The molecule has 0 radical (unpaired) electrons. The Morgan fingerprint density at radius 2 is 1.78 bits per heavy atom. The van der Waals surface area contributed by atoms with Crippen LogP contribution in [0.5, 0.6) is 0 Å². The lowest BCUT2D eigenvalue weighted by Crippen LogP contribution is -2.58. The van der Waals surface area contributed by atoms with Gasteiger partial charge < -0.3 is 25.6 Å². The van der Waals surface area contributed by atoms with Gasteiger partial charge in [0.1, 0.15) is 5.82 Å².